The minimum absolute atomic E-state index is 0.664. The van der Waals surface area contributed by atoms with Crippen molar-refractivity contribution in [1.29, 1.82) is 0 Å². The van der Waals surface area contributed by atoms with E-state index in [2.05, 4.69) is 19.1 Å². The van der Waals surface area contributed by atoms with Gasteiger partial charge in [0.2, 0.25) is 5.13 Å². The number of methoxy groups -OCH3 is 4. The van der Waals surface area contributed by atoms with Crippen molar-refractivity contribution in [3.05, 3.63) is 77.7 Å². The fourth-order valence-electron chi connectivity index (χ4n) is 4.21. The molecule has 0 bridgehead atoms. The Kier molecular flexibility index (Phi) is 6.83. The lowest BCUT2D eigenvalue weighted by Crippen LogP contribution is -2.00. The average molecular weight is 514 g/mol. The Morgan fingerprint density at radius 3 is 1.95 bits per heavy atom. The Morgan fingerprint density at radius 2 is 1.32 bits per heavy atom. The van der Waals surface area contributed by atoms with E-state index in [1.165, 1.54) is 0 Å². The van der Waals surface area contributed by atoms with E-state index in [0.29, 0.717) is 23.0 Å². The van der Waals surface area contributed by atoms with Gasteiger partial charge in [0.1, 0.15) is 23.0 Å². The molecule has 0 aliphatic heterocycles. The zero-order chi connectivity index (χ0) is 25.9. The zero-order valence-electron chi connectivity index (χ0n) is 21.3. The Morgan fingerprint density at radius 1 is 0.703 bits per heavy atom. The van der Waals surface area contributed by atoms with Gasteiger partial charge in [-0.05, 0) is 37.3 Å². The molecule has 5 rings (SSSR count). The summed E-state index contributed by atoms with van der Waals surface area (Å²) >= 11 is 1.59. The van der Waals surface area contributed by atoms with Crippen molar-refractivity contribution in [3.8, 4) is 61.9 Å². The maximum absolute atomic E-state index is 5.74. The molecule has 0 fully saturated rings. The van der Waals surface area contributed by atoms with Gasteiger partial charge in [-0.1, -0.05) is 41.7 Å². The summed E-state index contributed by atoms with van der Waals surface area (Å²) in [5.74, 6) is 2.75. The first kappa shape index (κ1) is 24.4. The molecule has 0 aliphatic carbocycles. The third kappa shape index (κ3) is 4.63. The highest BCUT2D eigenvalue weighted by atomic mass is 32.1. The second-order valence-corrected chi connectivity index (χ2v) is 9.41. The first-order valence-electron chi connectivity index (χ1n) is 11.6. The highest BCUT2D eigenvalue weighted by Crippen LogP contribution is 2.40. The Balaban J connectivity index is 1.72. The molecule has 0 atom stereocenters. The summed E-state index contributed by atoms with van der Waals surface area (Å²) in [6, 6.07) is 23.6. The van der Waals surface area contributed by atoms with Gasteiger partial charge in [-0.15, -0.1) is 0 Å². The van der Waals surface area contributed by atoms with Gasteiger partial charge >= 0.3 is 0 Å². The van der Waals surface area contributed by atoms with Crippen molar-refractivity contribution < 1.29 is 18.9 Å². The molecule has 5 aromatic rings. The third-order valence-corrected chi connectivity index (χ3v) is 7.04. The monoisotopic (exact) mass is 513 g/mol. The first-order chi connectivity index (χ1) is 18.1. The Labute approximate surface area is 219 Å². The normalized spacial score (nSPS) is 10.8. The van der Waals surface area contributed by atoms with E-state index in [1.807, 2.05) is 65.3 Å². The molecule has 0 saturated carbocycles. The minimum atomic E-state index is 0.664. The molecule has 2 heterocycles. The molecule has 0 N–H and O–H groups in total. The van der Waals surface area contributed by atoms with Crippen LogP contribution in [0, 0.1) is 6.92 Å². The molecular weight excluding hydrogens is 486 g/mol. The molecule has 0 amide bonds. The fraction of sp³-hybridized carbons (Fsp3) is 0.172. The minimum Gasteiger partial charge on any atom is -0.497 e. The number of ether oxygens (including phenoxy) is 4. The number of benzene rings is 3. The molecule has 8 heteroatoms. The van der Waals surface area contributed by atoms with Gasteiger partial charge in [0, 0.05) is 33.7 Å². The average Bonchev–Trinajstić information content (AvgIpc) is 3.56. The number of thiazole rings is 1. The van der Waals surface area contributed by atoms with E-state index in [-0.39, 0.29) is 0 Å². The highest BCUT2D eigenvalue weighted by molar-refractivity contribution is 7.14. The van der Waals surface area contributed by atoms with Crippen LogP contribution in [0.1, 0.15) is 4.88 Å². The zero-order valence-corrected chi connectivity index (χ0v) is 22.1. The third-order valence-electron chi connectivity index (χ3n) is 6.09. The molecule has 188 valence electrons. The van der Waals surface area contributed by atoms with Crippen LogP contribution in [0.25, 0.3) is 38.9 Å². The van der Waals surface area contributed by atoms with E-state index >= 15 is 0 Å². The van der Waals surface area contributed by atoms with Gasteiger partial charge in [-0.25, -0.2) is 9.67 Å². The van der Waals surface area contributed by atoms with Gasteiger partial charge in [-0.3, -0.25) is 0 Å². The van der Waals surface area contributed by atoms with Crippen LogP contribution < -0.4 is 18.9 Å². The standard InChI is InChI=1S/C29H27N3O4S/c1-18-28(19-9-7-6-8-10-19)30-29(37-18)32-25(23-14-12-21(34-3)16-27(23)36-5)17-24(31-32)22-13-11-20(33-2)15-26(22)35-4/h6-17H,1-5H3. The molecule has 0 spiro atoms. The van der Waals surface area contributed by atoms with Crippen LogP contribution in [0.2, 0.25) is 0 Å². The number of aromatic nitrogens is 3. The largest absolute Gasteiger partial charge is 0.497 e. The van der Waals surface area contributed by atoms with Crippen molar-refractivity contribution in [2.24, 2.45) is 0 Å². The van der Waals surface area contributed by atoms with Crippen molar-refractivity contribution >= 4 is 11.3 Å². The molecule has 7 nitrogen and oxygen atoms in total. The molecule has 0 radical (unpaired) electrons. The maximum atomic E-state index is 5.74. The van der Waals surface area contributed by atoms with Crippen LogP contribution in [0.5, 0.6) is 23.0 Å². The van der Waals surface area contributed by atoms with Crippen molar-refractivity contribution in [2.45, 2.75) is 6.92 Å². The summed E-state index contributed by atoms with van der Waals surface area (Å²) < 4.78 is 24.1. The topological polar surface area (TPSA) is 67.6 Å². The van der Waals surface area contributed by atoms with E-state index in [1.54, 1.807) is 39.8 Å². The van der Waals surface area contributed by atoms with Gasteiger partial charge in [0.25, 0.3) is 0 Å². The van der Waals surface area contributed by atoms with E-state index in [9.17, 15) is 0 Å². The molecule has 37 heavy (non-hydrogen) atoms. The SMILES string of the molecule is COc1ccc(-c2cc(-c3ccc(OC)cc3OC)n(-c3nc(-c4ccccc4)c(C)s3)n2)c(OC)c1. The summed E-state index contributed by atoms with van der Waals surface area (Å²) in [7, 11) is 6.55. The van der Waals surface area contributed by atoms with Gasteiger partial charge in [0.15, 0.2) is 0 Å². The summed E-state index contributed by atoms with van der Waals surface area (Å²) in [6.07, 6.45) is 0. The summed E-state index contributed by atoms with van der Waals surface area (Å²) in [4.78, 5) is 6.11. The molecule has 0 aliphatic rings. The Bertz CT molecular complexity index is 1540. The van der Waals surface area contributed by atoms with E-state index in [0.717, 1.165) is 43.8 Å². The van der Waals surface area contributed by atoms with Gasteiger partial charge in [-0.2, -0.15) is 5.10 Å². The first-order valence-corrected chi connectivity index (χ1v) is 12.5. The molecule has 0 unspecified atom stereocenters. The second-order valence-electron chi connectivity index (χ2n) is 8.23. The quantitative estimate of drug-likeness (QED) is 0.231. The van der Waals surface area contributed by atoms with Crippen LogP contribution in [0.4, 0.5) is 0 Å². The number of hydrogen-bond acceptors (Lipinski definition) is 7. The molecule has 2 aromatic heterocycles. The van der Waals surface area contributed by atoms with Crippen LogP contribution in [0.15, 0.2) is 72.8 Å². The summed E-state index contributed by atoms with van der Waals surface area (Å²) in [5, 5.41) is 5.77. The van der Waals surface area contributed by atoms with Gasteiger partial charge in [0.05, 0.1) is 45.5 Å². The molecular formula is C29H27N3O4S. The number of rotatable bonds is 8. The van der Waals surface area contributed by atoms with Crippen LogP contribution in [-0.2, 0) is 0 Å². The lowest BCUT2D eigenvalue weighted by atomic mass is 10.1. The highest BCUT2D eigenvalue weighted by Gasteiger charge is 2.22. The second kappa shape index (κ2) is 10.4. The van der Waals surface area contributed by atoms with Crippen LogP contribution in [0.3, 0.4) is 0 Å². The molecule has 3 aromatic carbocycles. The lowest BCUT2D eigenvalue weighted by Gasteiger charge is -2.11. The van der Waals surface area contributed by atoms with Crippen LogP contribution >= 0.6 is 11.3 Å². The van der Waals surface area contributed by atoms with Crippen molar-refractivity contribution in [2.75, 3.05) is 28.4 Å². The fourth-order valence-corrected chi connectivity index (χ4v) is 5.10. The summed E-state index contributed by atoms with van der Waals surface area (Å²) in [6.45, 7) is 2.08. The number of aryl methyl sites for hydroxylation is 1. The number of nitrogens with zero attached hydrogens (tertiary/aromatic N) is 3. The predicted octanol–water partition coefficient (Wildman–Crippen LogP) is 6.67. The van der Waals surface area contributed by atoms with E-state index in [4.69, 9.17) is 29.0 Å². The summed E-state index contributed by atoms with van der Waals surface area (Å²) in [5.41, 5.74) is 5.28. The van der Waals surface area contributed by atoms with Crippen molar-refractivity contribution in [3.63, 3.8) is 0 Å². The lowest BCUT2D eigenvalue weighted by molar-refractivity contribution is 0.395. The smallest absolute Gasteiger partial charge is 0.211 e. The number of hydrogen-bond donors (Lipinski definition) is 0. The van der Waals surface area contributed by atoms with Crippen molar-refractivity contribution in [1.82, 2.24) is 14.8 Å². The Hall–Kier alpha value is -4.30. The van der Waals surface area contributed by atoms with E-state index < -0.39 is 0 Å². The van der Waals surface area contributed by atoms with Gasteiger partial charge < -0.3 is 18.9 Å². The maximum Gasteiger partial charge on any atom is 0.211 e. The van der Waals surface area contributed by atoms with Crippen LogP contribution in [-0.4, -0.2) is 43.2 Å². The predicted molar refractivity (Wildman–Crippen MR) is 146 cm³/mol. The molecule has 0 saturated heterocycles.